The lowest BCUT2D eigenvalue weighted by molar-refractivity contribution is -0.122. The molecule has 3 atom stereocenters. The molecule has 2 fully saturated rings. The maximum Gasteiger partial charge on any atom is 0.407 e. The number of carbonyl (C=O) groups excluding carboxylic acids is 1. The molecule has 0 aromatic heterocycles. The normalized spacial score (nSPS) is 31.4. The van der Waals surface area contributed by atoms with Crippen LogP contribution in [-0.2, 0) is 4.79 Å². The zero-order chi connectivity index (χ0) is 12.4. The van der Waals surface area contributed by atoms with E-state index in [-0.39, 0.29) is 24.0 Å². The van der Waals surface area contributed by atoms with Gasteiger partial charge in [0.25, 0.3) is 0 Å². The summed E-state index contributed by atoms with van der Waals surface area (Å²) in [5.74, 6) is -0.0272. The molecule has 0 aromatic carbocycles. The van der Waals surface area contributed by atoms with Gasteiger partial charge in [0.05, 0.1) is 0 Å². The first-order chi connectivity index (χ1) is 8.11. The average molecular weight is 241 g/mol. The molecule has 2 aliphatic rings. The Balaban J connectivity index is 1.91. The fourth-order valence-corrected chi connectivity index (χ4v) is 3.04. The van der Waals surface area contributed by atoms with Crippen molar-refractivity contribution < 1.29 is 14.7 Å². The number of nitrogens with one attached hydrogen (secondary N) is 1. The molecule has 2 amide bonds. The van der Waals surface area contributed by atoms with Crippen LogP contribution in [0.15, 0.2) is 0 Å². The van der Waals surface area contributed by atoms with Crippen LogP contribution in [0.1, 0.15) is 32.1 Å². The topological polar surface area (TPSA) is 95.7 Å². The van der Waals surface area contributed by atoms with Gasteiger partial charge in [-0.15, -0.1) is 0 Å². The van der Waals surface area contributed by atoms with E-state index in [1.807, 2.05) is 0 Å². The molecule has 2 rings (SSSR count). The standard InChI is InChI=1S/C11H19N3O3/c12-4-3-10(15)13-7-5-8-1-2-9(6-7)14(8)11(16)17/h7-9H,1-6,12H2,(H,13,15)(H,16,17)/t7-,8-,9+. The van der Waals surface area contributed by atoms with Crippen LogP contribution in [0.4, 0.5) is 4.79 Å². The number of carboxylic acid groups (broad SMARTS) is 1. The summed E-state index contributed by atoms with van der Waals surface area (Å²) >= 11 is 0. The lowest BCUT2D eigenvalue weighted by Gasteiger charge is -2.37. The van der Waals surface area contributed by atoms with Crippen molar-refractivity contribution in [3.05, 3.63) is 0 Å². The summed E-state index contributed by atoms with van der Waals surface area (Å²) in [5, 5.41) is 12.0. The number of hydrogen-bond acceptors (Lipinski definition) is 3. The number of amides is 2. The second kappa shape index (κ2) is 4.91. The van der Waals surface area contributed by atoms with E-state index in [0.29, 0.717) is 13.0 Å². The maximum absolute atomic E-state index is 11.4. The molecule has 2 saturated heterocycles. The predicted octanol–water partition coefficient (Wildman–Crippen LogP) is 0.125. The van der Waals surface area contributed by atoms with Gasteiger partial charge in [-0.05, 0) is 25.7 Å². The van der Waals surface area contributed by atoms with Crippen LogP contribution in [0.5, 0.6) is 0 Å². The van der Waals surface area contributed by atoms with E-state index in [2.05, 4.69) is 5.32 Å². The van der Waals surface area contributed by atoms with Crippen LogP contribution in [0, 0.1) is 0 Å². The molecule has 6 heteroatoms. The van der Waals surface area contributed by atoms with Crippen molar-refractivity contribution in [3.63, 3.8) is 0 Å². The molecule has 0 aromatic rings. The second-order valence-electron chi connectivity index (χ2n) is 4.85. The van der Waals surface area contributed by atoms with Crippen molar-refractivity contribution in [1.82, 2.24) is 10.2 Å². The first kappa shape index (κ1) is 12.2. The van der Waals surface area contributed by atoms with Crippen LogP contribution in [0.3, 0.4) is 0 Å². The fraction of sp³-hybridized carbons (Fsp3) is 0.818. The molecule has 0 aliphatic carbocycles. The van der Waals surface area contributed by atoms with E-state index in [4.69, 9.17) is 10.8 Å². The van der Waals surface area contributed by atoms with Crippen molar-refractivity contribution in [1.29, 1.82) is 0 Å². The van der Waals surface area contributed by atoms with Crippen LogP contribution in [-0.4, -0.2) is 46.7 Å². The highest BCUT2D eigenvalue weighted by Gasteiger charge is 2.43. The van der Waals surface area contributed by atoms with E-state index in [9.17, 15) is 9.59 Å². The highest BCUT2D eigenvalue weighted by Crippen LogP contribution is 2.35. The van der Waals surface area contributed by atoms with Crippen molar-refractivity contribution in [2.24, 2.45) is 5.73 Å². The van der Waals surface area contributed by atoms with Gasteiger partial charge in [0, 0.05) is 31.1 Å². The summed E-state index contributed by atoms with van der Waals surface area (Å²) < 4.78 is 0. The van der Waals surface area contributed by atoms with Gasteiger partial charge in [-0.3, -0.25) is 4.79 Å². The zero-order valence-corrected chi connectivity index (χ0v) is 9.76. The Labute approximate surface area is 100 Å². The minimum absolute atomic E-state index is 0.0272. The SMILES string of the molecule is NCCC(=O)N[C@@H]1C[C@H]2CC[C@@H](C1)N2C(=O)O. The first-order valence-corrected chi connectivity index (χ1v) is 6.12. The first-order valence-electron chi connectivity index (χ1n) is 6.12. The monoisotopic (exact) mass is 241 g/mol. The van der Waals surface area contributed by atoms with Gasteiger partial charge in [-0.2, -0.15) is 0 Å². The van der Waals surface area contributed by atoms with Gasteiger partial charge in [-0.1, -0.05) is 0 Å². The molecule has 96 valence electrons. The molecule has 17 heavy (non-hydrogen) atoms. The Bertz CT molecular complexity index is 307. The molecule has 0 radical (unpaired) electrons. The second-order valence-corrected chi connectivity index (χ2v) is 4.85. The van der Waals surface area contributed by atoms with Gasteiger partial charge in [0.2, 0.25) is 5.91 Å². The largest absolute Gasteiger partial charge is 0.465 e. The Morgan fingerprint density at radius 1 is 1.29 bits per heavy atom. The lowest BCUT2D eigenvalue weighted by Crippen LogP contribution is -2.52. The third-order valence-electron chi connectivity index (χ3n) is 3.69. The Morgan fingerprint density at radius 2 is 1.88 bits per heavy atom. The number of nitrogens with two attached hydrogens (primary N) is 1. The molecule has 0 spiro atoms. The zero-order valence-electron chi connectivity index (χ0n) is 9.76. The fourth-order valence-electron chi connectivity index (χ4n) is 3.04. The third-order valence-corrected chi connectivity index (χ3v) is 3.69. The summed E-state index contributed by atoms with van der Waals surface area (Å²) in [5.41, 5.74) is 5.32. The number of hydrogen-bond donors (Lipinski definition) is 3. The number of nitrogens with zero attached hydrogens (tertiary/aromatic N) is 1. The summed E-state index contributed by atoms with van der Waals surface area (Å²) in [7, 11) is 0. The van der Waals surface area contributed by atoms with Crippen LogP contribution in [0.2, 0.25) is 0 Å². The van der Waals surface area contributed by atoms with Crippen LogP contribution >= 0.6 is 0 Å². The molecule has 0 saturated carbocycles. The Hall–Kier alpha value is -1.30. The predicted molar refractivity (Wildman–Crippen MR) is 61.5 cm³/mol. The molecular formula is C11H19N3O3. The van der Waals surface area contributed by atoms with E-state index >= 15 is 0 Å². The number of carbonyl (C=O) groups is 2. The Morgan fingerprint density at radius 3 is 2.35 bits per heavy atom. The van der Waals surface area contributed by atoms with Gasteiger partial charge in [0.15, 0.2) is 0 Å². The summed E-state index contributed by atoms with van der Waals surface area (Å²) in [6.07, 6.45) is 2.82. The van der Waals surface area contributed by atoms with Crippen LogP contribution < -0.4 is 11.1 Å². The maximum atomic E-state index is 11.4. The summed E-state index contributed by atoms with van der Waals surface area (Å²) in [6.45, 7) is 0.354. The average Bonchev–Trinajstić information content (AvgIpc) is 2.51. The molecule has 4 N–H and O–H groups in total. The van der Waals surface area contributed by atoms with E-state index in [0.717, 1.165) is 25.7 Å². The lowest BCUT2D eigenvalue weighted by atomic mass is 9.97. The molecular weight excluding hydrogens is 222 g/mol. The minimum atomic E-state index is -0.829. The van der Waals surface area contributed by atoms with Crippen molar-refractivity contribution in [3.8, 4) is 0 Å². The highest BCUT2D eigenvalue weighted by molar-refractivity contribution is 5.76. The van der Waals surface area contributed by atoms with E-state index in [1.165, 1.54) is 0 Å². The molecule has 6 nitrogen and oxygen atoms in total. The molecule has 0 unspecified atom stereocenters. The number of rotatable bonds is 3. The van der Waals surface area contributed by atoms with Crippen molar-refractivity contribution in [2.45, 2.75) is 50.2 Å². The Kier molecular flexibility index (Phi) is 3.51. The quantitative estimate of drug-likeness (QED) is 0.654. The molecule has 2 bridgehead atoms. The molecule has 2 heterocycles. The number of fused-ring (bicyclic) bond motifs is 2. The van der Waals surface area contributed by atoms with Crippen LogP contribution in [0.25, 0.3) is 0 Å². The number of piperidine rings is 1. The van der Waals surface area contributed by atoms with Crippen molar-refractivity contribution >= 4 is 12.0 Å². The van der Waals surface area contributed by atoms with Gasteiger partial charge in [-0.25, -0.2) is 4.79 Å². The van der Waals surface area contributed by atoms with E-state index < -0.39 is 6.09 Å². The van der Waals surface area contributed by atoms with Crippen molar-refractivity contribution in [2.75, 3.05) is 6.54 Å². The van der Waals surface area contributed by atoms with Gasteiger partial charge >= 0.3 is 6.09 Å². The minimum Gasteiger partial charge on any atom is -0.465 e. The third kappa shape index (κ3) is 2.52. The van der Waals surface area contributed by atoms with Gasteiger partial charge in [0.1, 0.15) is 0 Å². The summed E-state index contributed by atoms with van der Waals surface area (Å²) in [4.78, 5) is 24.1. The summed E-state index contributed by atoms with van der Waals surface area (Å²) in [6, 6.07) is 0.269. The highest BCUT2D eigenvalue weighted by atomic mass is 16.4. The van der Waals surface area contributed by atoms with E-state index in [1.54, 1.807) is 4.90 Å². The molecule has 2 aliphatic heterocycles. The smallest absolute Gasteiger partial charge is 0.407 e. The van der Waals surface area contributed by atoms with Gasteiger partial charge < -0.3 is 21.1 Å².